The third-order valence-corrected chi connectivity index (χ3v) is 2.94. The number of nitrogen functional groups attached to an aromatic ring is 1. The number of fused-ring (bicyclic) bond motifs is 1. The van der Waals surface area contributed by atoms with Crippen LogP contribution in [0.2, 0.25) is 0 Å². The van der Waals surface area contributed by atoms with Gasteiger partial charge in [-0.15, -0.1) is 0 Å². The molecule has 0 saturated carbocycles. The quantitative estimate of drug-likeness (QED) is 0.768. The molecule has 0 aliphatic carbocycles. The maximum absolute atomic E-state index is 5.75. The summed E-state index contributed by atoms with van der Waals surface area (Å²) in [4.78, 5) is 4.52. The average molecular weight is 253 g/mol. The van der Waals surface area contributed by atoms with Crippen molar-refractivity contribution in [1.82, 2.24) is 0 Å². The Bertz CT molecular complexity index is 632. The first-order valence-electron chi connectivity index (χ1n) is 6.14. The lowest BCUT2D eigenvalue weighted by molar-refractivity contribution is 0.372. The second-order valence-corrected chi connectivity index (χ2v) is 4.57. The summed E-state index contributed by atoms with van der Waals surface area (Å²) in [7, 11) is 0. The number of nitrogens with zero attached hydrogens (tertiary/aromatic N) is 1. The summed E-state index contributed by atoms with van der Waals surface area (Å²) in [5, 5.41) is 3.25. The molecule has 0 atom stereocenters. The van der Waals surface area contributed by atoms with Crippen LogP contribution in [-0.2, 0) is 0 Å². The van der Waals surface area contributed by atoms with Crippen molar-refractivity contribution in [2.24, 2.45) is 4.99 Å². The second-order valence-electron chi connectivity index (χ2n) is 4.57. The van der Waals surface area contributed by atoms with Gasteiger partial charge in [0.15, 0.2) is 0 Å². The van der Waals surface area contributed by atoms with Crippen molar-refractivity contribution in [3.05, 3.63) is 48.0 Å². The number of nitrogens with one attached hydrogen (secondary N) is 1. The number of hydrogen-bond donors (Lipinski definition) is 2. The lowest BCUT2D eigenvalue weighted by atomic mass is 10.2. The van der Waals surface area contributed by atoms with Crippen LogP contribution in [0.5, 0.6) is 5.75 Å². The minimum Gasteiger partial charge on any atom is -0.483 e. The van der Waals surface area contributed by atoms with E-state index in [4.69, 9.17) is 10.5 Å². The minimum atomic E-state index is 0.435. The monoisotopic (exact) mass is 253 g/mol. The molecule has 3 N–H and O–H groups in total. The molecule has 3 rings (SSSR count). The zero-order valence-corrected chi connectivity index (χ0v) is 10.7. The molecule has 4 heteroatoms. The number of benzene rings is 2. The van der Waals surface area contributed by atoms with E-state index in [1.807, 2.05) is 30.3 Å². The van der Waals surface area contributed by atoms with Gasteiger partial charge in [0.2, 0.25) is 0 Å². The van der Waals surface area contributed by atoms with Crippen LogP contribution in [0.15, 0.2) is 47.5 Å². The van der Waals surface area contributed by atoms with Crippen LogP contribution in [0.4, 0.5) is 17.1 Å². The molecule has 0 spiro atoms. The van der Waals surface area contributed by atoms with Crippen LogP contribution >= 0.6 is 0 Å². The van der Waals surface area contributed by atoms with Gasteiger partial charge in [0.25, 0.3) is 0 Å². The summed E-state index contributed by atoms with van der Waals surface area (Å²) in [5.41, 5.74) is 9.43. The molecule has 2 aromatic rings. The zero-order valence-electron chi connectivity index (χ0n) is 10.7. The fourth-order valence-corrected chi connectivity index (χ4v) is 1.94. The standard InChI is InChI=1S/C15H15N3O/c1-10-2-5-12(6-3-10)17-15-9-19-14-7-4-11(16)8-13(14)18-15/h2-8H,9,16H2,1H3,(H,17,18). The normalized spacial score (nSPS) is 13.2. The van der Waals surface area contributed by atoms with Gasteiger partial charge in [0, 0.05) is 11.4 Å². The molecule has 2 aromatic carbocycles. The van der Waals surface area contributed by atoms with E-state index in [-0.39, 0.29) is 0 Å². The molecule has 1 heterocycles. The molecular weight excluding hydrogens is 238 g/mol. The van der Waals surface area contributed by atoms with E-state index in [9.17, 15) is 0 Å². The van der Waals surface area contributed by atoms with E-state index in [0.29, 0.717) is 12.3 Å². The van der Waals surface area contributed by atoms with Crippen molar-refractivity contribution in [3.63, 3.8) is 0 Å². The van der Waals surface area contributed by atoms with Gasteiger partial charge in [0.1, 0.15) is 23.9 Å². The van der Waals surface area contributed by atoms with Gasteiger partial charge in [-0.25, -0.2) is 4.99 Å². The first-order chi connectivity index (χ1) is 9.20. The lowest BCUT2D eigenvalue weighted by Gasteiger charge is -2.18. The van der Waals surface area contributed by atoms with E-state index in [0.717, 1.165) is 23.0 Å². The van der Waals surface area contributed by atoms with Crippen molar-refractivity contribution < 1.29 is 4.74 Å². The van der Waals surface area contributed by atoms with Crippen molar-refractivity contribution in [3.8, 4) is 5.75 Å². The topological polar surface area (TPSA) is 59.6 Å². The predicted octanol–water partition coefficient (Wildman–Crippen LogP) is 3.11. The van der Waals surface area contributed by atoms with E-state index >= 15 is 0 Å². The molecule has 1 aliphatic rings. The van der Waals surface area contributed by atoms with Gasteiger partial charge in [-0.05, 0) is 37.3 Å². The number of anilines is 2. The highest BCUT2D eigenvalue weighted by Crippen LogP contribution is 2.32. The van der Waals surface area contributed by atoms with Crippen LogP contribution < -0.4 is 15.8 Å². The third kappa shape index (κ3) is 2.52. The van der Waals surface area contributed by atoms with Crippen LogP contribution in [0.1, 0.15) is 5.56 Å². The summed E-state index contributed by atoms with van der Waals surface area (Å²) in [6.07, 6.45) is 0. The van der Waals surface area contributed by atoms with Crippen molar-refractivity contribution in [1.29, 1.82) is 0 Å². The number of nitrogens with two attached hydrogens (primary N) is 1. The molecule has 0 aromatic heterocycles. The van der Waals surface area contributed by atoms with Gasteiger partial charge in [-0.2, -0.15) is 0 Å². The minimum absolute atomic E-state index is 0.435. The Morgan fingerprint density at radius 1 is 1.16 bits per heavy atom. The maximum Gasteiger partial charge on any atom is 0.146 e. The summed E-state index contributed by atoms with van der Waals surface area (Å²) in [6, 6.07) is 13.6. The number of aliphatic imine (C=N–C) groups is 1. The van der Waals surface area contributed by atoms with Gasteiger partial charge in [-0.3, -0.25) is 0 Å². The highest BCUT2D eigenvalue weighted by molar-refractivity contribution is 5.99. The Balaban J connectivity index is 1.85. The number of aryl methyl sites for hydroxylation is 1. The Hall–Kier alpha value is -2.49. The summed E-state index contributed by atoms with van der Waals surface area (Å²) in [5.74, 6) is 1.55. The Morgan fingerprint density at radius 2 is 1.95 bits per heavy atom. The molecule has 0 radical (unpaired) electrons. The Morgan fingerprint density at radius 3 is 2.74 bits per heavy atom. The summed E-state index contributed by atoms with van der Waals surface area (Å²) < 4.78 is 5.64. The van der Waals surface area contributed by atoms with E-state index in [1.165, 1.54) is 5.56 Å². The van der Waals surface area contributed by atoms with Crippen LogP contribution in [0, 0.1) is 6.92 Å². The summed E-state index contributed by atoms with van der Waals surface area (Å²) >= 11 is 0. The van der Waals surface area contributed by atoms with E-state index < -0.39 is 0 Å². The lowest BCUT2D eigenvalue weighted by Crippen LogP contribution is -2.23. The van der Waals surface area contributed by atoms with E-state index in [1.54, 1.807) is 0 Å². The maximum atomic E-state index is 5.75. The molecule has 1 aliphatic heterocycles. The third-order valence-electron chi connectivity index (χ3n) is 2.94. The van der Waals surface area contributed by atoms with Gasteiger partial charge < -0.3 is 15.8 Å². The zero-order chi connectivity index (χ0) is 13.2. The number of amidine groups is 1. The highest BCUT2D eigenvalue weighted by Gasteiger charge is 2.13. The SMILES string of the molecule is Cc1ccc(NC2=Nc3cc(N)ccc3OC2)cc1. The molecule has 0 unspecified atom stereocenters. The fraction of sp³-hybridized carbons (Fsp3) is 0.133. The Labute approximate surface area is 111 Å². The van der Waals surface area contributed by atoms with Gasteiger partial charge >= 0.3 is 0 Å². The molecule has 4 nitrogen and oxygen atoms in total. The Kier molecular flexibility index (Phi) is 2.83. The number of ether oxygens (including phenoxy) is 1. The second kappa shape index (κ2) is 4.65. The first kappa shape index (κ1) is 11.6. The van der Waals surface area contributed by atoms with Crippen LogP contribution in [0.25, 0.3) is 0 Å². The van der Waals surface area contributed by atoms with Crippen molar-refractivity contribution in [2.45, 2.75) is 6.92 Å². The predicted molar refractivity (Wildman–Crippen MR) is 78.2 cm³/mol. The largest absolute Gasteiger partial charge is 0.483 e. The summed E-state index contributed by atoms with van der Waals surface area (Å²) in [6.45, 7) is 2.49. The van der Waals surface area contributed by atoms with Crippen LogP contribution in [-0.4, -0.2) is 12.4 Å². The van der Waals surface area contributed by atoms with Gasteiger partial charge in [0.05, 0.1) is 0 Å². The smallest absolute Gasteiger partial charge is 0.146 e. The highest BCUT2D eigenvalue weighted by atomic mass is 16.5. The van der Waals surface area contributed by atoms with Crippen molar-refractivity contribution >= 4 is 22.9 Å². The average Bonchev–Trinajstić information content (AvgIpc) is 2.41. The van der Waals surface area contributed by atoms with E-state index in [2.05, 4.69) is 29.4 Å². The molecular formula is C15H15N3O. The van der Waals surface area contributed by atoms with Crippen LogP contribution in [0.3, 0.4) is 0 Å². The van der Waals surface area contributed by atoms with Gasteiger partial charge in [-0.1, -0.05) is 17.7 Å². The first-order valence-corrected chi connectivity index (χ1v) is 6.14. The molecule has 0 fully saturated rings. The molecule has 0 bridgehead atoms. The molecule has 0 saturated heterocycles. The fourth-order valence-electron chi connectivity index (χ4n) is 1.94. The molecule has 96 valence electrons. The molecule has 0 amide bonds. The number of hydrogen-bond acceptors (Lipinski definition) is 4. The molecule has 19 heavy (non-hydrogen) atoms. The van der Waals surface area contributed by atoms with Crippen molar-refractivity contribution in [2.75, 3.05) is 17.7 Å². The number of rotatable bonds is 1.